The zero-order valence-corrected chi connectivity index (χ0v) is 18.1. The van der Waals surface area contributed by atoms with E-state index in [-0.39, 0.29) is 36.0 Å². The third kappa shape index (κ3) is 4.39. The second kappa shape index (κ2) is 9.55. The first kappa shape index (κ1) is 24.5. The zero-order chi connectivity index (χ0) is 24.6. The molecule has 0 bridgehead atoms. The molecule has 2 saturated heterocycles. The number of benzene rings is 2. The standard InChI is InChI=1S/C23H28O11/c24-9-18-19(29)20(30)21(31)22(34-18)33-13-5-6-23(32-10-13,11-1-3-14(25)16(27)7-11)12-2-4-15(26)17(28)8-12/h1-4,7-8,13,18-22,24-31H,5-6,9-10H2. The molecule has 0 aromatic heterocycles. The number of aliphatic hydroxyl groups excluding tert-OH is 4. The van der Waals surface area contributed by atoms with Crippen molar-refractivity contribution in [2.24, 2.45) is 0 Å². The van der Waals surface area contributed by atoms with E-state index in [0.29, 0.717) is 17.5 Å². The number of phenols is 4. The highest BCUT2D eigenvalue weighted by molar-refractivity contribution is 5.49. The van der Waals surface area contributed by atoms with E-state index in [0.717, 1.165) is 0 Å². The summed E-state index contributed by atoms with van der Waals surface area (Å²) < 4.78 is 17.4. The Labute approximate surface area is 194 Å². The summed E-state index contributed by atoms with van der Waals surface area (Å²) in [6.07, 6.45) is -7.03. The number of phenolic OH excluding ortho intramolecular Hbond substituents is 4. The molecule has 2 fully saturated rings. The molecule has 0 spiro atoms. The molecule has 186 valence electrons. The number of ether oxygens (including phenoxy) is 3. The molecule has 34 heavy (non-hydrogen) atoms. The number of hydrogen-bond donors (Lipinski definition) is 8. The Balaban J connectivity index is 1.57. The maximum atomic E-state index is 10.2. The summed E-state index contributed by atoms with van der Waals surface area (Å²) in [5.41, 5.74) is -0.204. The van der Waals surface area contributed by atoms with E-state index >= 15 is 0 Å². The molecule has 0 saturated carbocycles. The van der Waals surface area contributed by atoms with E-state index in [1.54, 1.807) is 12.1 Å². The third-order valence-electron chi connectivity index (χ3n) is 6.39. The van der Waals surface area contributed by atoms with Crippen LogP contribution < -0.4 is 0 Å². The summed E-state index contributed by atoms with van der Waals surface area (Å²) in [6.45, 7) is -0.609. The van der Waals surface area contributed by atoms with Crippen molar-refractivity contribution in [3.8, 4) is 23.0 Å². The second-order valence-electron chi connectivity index (χ2n) is 8.54. The quantitative estimate of drug-likeness (QED) is 0.263. The van der Waals surface area contributed by atoms with E-state index < -0.39 is 49.0 Å². The molecule has 11 heteroatoms. The van der Waals surface area contributed by atoms with Crippen LogP contribution in [0, 0.1) is 0 Å². The summed E-state index contributed by atoms with van der Waals surface area (Å²) in [4.78, 5) is 0. The molecular formula is C23H28O11. The fraction of sp³-hybridized carbons (Fsp3) is 0.478. The Kier molecular flexibility index (Phi) is 6.87. The monoisotopic (exact) mass is 480 g/mol. The first-order chi connectivity index (χ1) is 16.2. The fourth-order valence-corrected chi connectivity index (χ4v) is 4.40. The molecule has 0 amide bonds. The smallest absolute Gasteiger partial charge is 0.187 e. The summed E-state index contributed by atoms with van der Waals surface area (Å²) >= 11 is 0. The molecule has 6 unspecified atom stereocenters. The maximum Gasteiger partial charge on any atom is 0.187 e. The van der Waals surface area contributed by atoms with Crippen LogP contribution in [-0.2, 0) is 19.8 Å². The van der Waals surface area contributed by atoms with Crippen molar-refractivity contribution < 1.29 is 55.1 Å². The van der Waals surface area contributed by atoms with Gasteiger partial charge in [0.05, 0.1) is 19.3 Å². The minimum atomic E-state index is -1.57. The van der Waals surface area contributed by atoms with Crippen molar-refractivity contribution in [2.75, 3.05) is 13.2 Å². The molecular weight excluding hydrogens is 452 g/mol. The van der Waals surface area contributed by atoms with Crippen LogP contribution in [0.3, 0.4) is 0 Å². The van der Waals surface area contributed by atoms with Crippen LogP contribution in [0.25, 0.3) is 0 Å². The third-order valence-corrected chi connectivity index (χ3v) is 6.39. The molecule has 2 aliphatic heterocycles. The van der Waals surface area contributed by atoms with Crippen LogP contribution in [0.1, 0.15) is 24.0 Å². The first-order valence-corrected chi connectivity index (χ1v) is 10.8. The highest BCUT2D eigenvalue weighted by Crippen LogP contribution is 2.46. The maximum absolute atomic E-state index is 10.2. The van der Waals surface area contributed by atoms with Crippen LogP contribution >= 0.6 is 0 Å². The molecule has 8 N–H and O–H groups in total. The van der Waals surface area contributed by atoms with Crippen LogP contribution in [0.5, 0.6) is 23.0 Å². The van der Waals surface area contributed by atoms with Gasteiger partial charge in [-0.2, -0.15) is 0 Å². The first-order valence-electron chi connectivity index (χ1n) is 10.8. The van der Waals surface area contributed by atoms with Gasteiger partial charge in [0.1, 0.15) is 30.0 Å². The average molecular weight is 480 g/mol. The summed E-state index contributed by atoms with van der Waals surface area (Å²) in [6, 6.07) is 8.45. The van der Waals surface area contributed by atoms with E-state index in [4.69, 9.17) is 14.2 Å². The lowest BCUT2D eigenvalue weighted by Gasteiger charge is -2.44. The normalized spacial score (nSPS) is 31.3. The predicted octanol–water partition coefficient (Wildman–Crippen LogP) is -0.252. The van der Waals surface area contributed by atoms with Crippen molar-refractivity contribution in [1.29, 1.82) is 0 Å². The topological polar surface area (TPSA) is 190 Å². The van der Waals surface area contributed by atoms with Gasteiger partial charge in [-0.25, -0.2) is 0 Å². The van der Waals surface area contributed by atoms with Crippen molar-refractivity contribution in [3.05, 3.63) is 47.5 Å². The lowest BCUT2D eigenvalue weighted by atomic mass is 9.79. The highest BCUT2D eigenvalue weighted by atomic mass is 16.7. The zero-order valence-electron chi connectivity index (χ0n) is 18.1. The Bertz CT molecular complexity index is 949. The van der Waals surface area contributed by atoms with Gasteiger partial charge in [0.2, 0.25) is 0 Å². The molecule has 6 atom stereocenters. The average Bonchev–Trinajstić information content (AvgIpc) is 2.83. The van der Waals surface area contributed by atoms with Gasteiger partial charge in [0.25, 0.3) is 0 Å². The molecule has 0 radical (unpaired) electrons. The van der Waals surface area contributed by atoms with Gasteiger partial charge >= 0.3 is 0 Å². The lowest BCUT2D eigenvalue weighted by Crippen LogP contribution is -2.60. The summed E-state index contributed by atoms with van der Waals surface area (Å²) in [5, 5.41) is 79.1. The van der Waals surface area contributed by atoms with E-state index in [1.807, 2.05) is 0 Å². The molecule has 2 aromatic rings. The van der Waals surface area contributed by atoms with E-state index in [1.165, 1.54) is 24.3 Å². The second-order valence-corrected chi connectivity index (χ2v) is 8.54. The van der Waals surface area contributed by atoms with Crippen molar-refractivity contribution in [2.45, 2.75) is 55.3 Å². The molecule has 11 nitrogen and oxygen atoms in total. The molecule has 2 aliphatic rings. The van der Waals surface area contributed by atoms with Gasteiger partial charge in [-0.3, -0.25) is 0 Å². The van der Waals surface area contributed by atoms with Gasteiger partial charge in [-0.15, -0.1) is 0 Å². The Hall–Kier alpha value is -2.64. The van der Waals surface area contributed by atoms with Gasteiger partial charge in [-0.05, 0) is 48.2 Å². The molecule has 2 heterocycles. The Morgan fingerprint density at radius 3 is 1.88 bits per heavy atom. The number of hydrogen-bond acceptors (Lipinski definition) is 11. The van der Waals surface area contributed by atoms with Crippen molar-refractivity contribution in [1.82, 2.24) is 0 Å². The molecule has 2 aromatic carbocycles. The van der Waals surface area contributed by atoms with E-state index in [2.05, 4.69) is 0 Å². The largest absolute Gasteiger partial charge is 0.504 e. The Morgan fingerprint density at radius 1 is 0.824 bits per heavy atom. The van der Waals surface area contributed by atoms with E-state index in [9.17, 15) is 40.9 Å². The molecule has 0 aliphatic carbocycles. The van der Waals surface area contributed by atoms with Gasteiger partial charge in [0.15, 0.2) is 29.3 Å². The fourth-order valence-electron chi connectivity index (χ4n) is 4.40. The number of aliphatic hydroxyl groups is 4. The number of rotatable bonds is 5. The lowest BCUT2D eigenvalue weighted by molar-refractivity contribution is -0.319. The highest BCUT2D eigenvalue weighted by Gasteiger charge is 2.47. The minimum absolute atomic E-state index is 0.0295. The Morgan fingerprint density at radius 2 is 1.41 bits per heavy atom. The SMILES string of the molecule is OCC1OC(OC2CCC(c3ccc(O)c(O)c3)(c3ccc(O)c(O)c3)OC2)C(O)C(O)C1O. The van der Waals surface area contributed by atoms with Gasteiger partial charge < -0.3 is 55.1 Å². The van der Waals surface area contributed by atoms with Crippen molar-refractivity contribution >= 4 is 0 Å². The predicted molar refractivity (Wildman–Crippen MR) is 114 cm³/mol. The van der Waals surface area contributed by atoms with Crippen LogP contribution in [0.4, 0.5) is 0 Å². The van der Waals surface area contributed by atoms with Crippen LogP contribution in [0.2, 0.25) is 0 Å². The van der Waals surface area contributed by atoms with Crippen LogP contribution in [0.15, 0.2) is 36.4 Å². The molecule has 4 rings (SSSR count). The summed E-state index contributed by atoms with van der Waals surface area (Å²) in [7, 11) is 0. The summed E-state index contributed by atoms with van der Waals surface area (Å²) in [5.74, 6) is -1.34. The van der Waals surface area contributed by atoms with Crippen LogP contribution in [-0.4, -0.2) is 90.9 Å². The van der Waals surface area contributed by atoms with Crippen molar-refractivity contribution in [3.63, 3.8) is 0 Å². The number of aromatic hydroxyl groups is 4. The van der Waals surface area contributed by atoms with Gasteiger partial charge in [-0.1, -0.05) is 12.1 Å². The minimum Gasteiger partial charge on any atom is -0.504 e. The van der Waals surface area contributed by atoms with Gasteiger partial charge in [0, 0.05) is 0 Å².